The molecule has 1 atom stereocenters. The van der Waals surface area contributed by atoms with Crippen LogP contribution in [0.15, 0.2) is 42.6 Å². The zero-order valence-electron chi connectivity index (χ0n) is 14.7. The van der Waals surface area contributed by atoms with Crippen LogP contribution in [0.4, 0.5) is 13.2 Å². The molecule has 0 fully saturated rings. The number of hydrogen-bond donors (Lipinski definition) is 2. The van der Waals surface area contributed by atoms with Gasteiger partial charge in [0.1, 0.15) is 11.5 Å². The number of amides is 1. The molecule has 28 heavy (non-hydrogen) atoms. The van der Waals surface area contributed by atoms with E-state index in [1.54, 1.807) is 0 Å². The molecule has 0 radical (unpaired) electrons. The van der Waals surface area contributed by atoms with Gasteiger partial charge in [0.15, 0.2) is 6.10 Å². The van der Waals surface area contributed by atoms with Crippen LogP contribution in [0.5, 0.6) is 17.4 Å². The van der Waals surface area contributed by atoms with Crippen LogP contribution in [-0.4, -0.2) is 29.3 Å². The topological polar surface area (TPSA) is 81.7 Å². The van der Waals surface area contributed by atoms with Crippen molar-refractivity contribution in [3.05, 3.63) is 48.2 Å². The summed E-state index contributed by atoms with van der Waals surface area (Å²) in [5.41, 5.74) is 3.84. The number of alkyl halides is 3. The van der Waals surface area contributed by atoms with E-state index in [1.807, 2.05) is 0 Å². The molecule has 0 aliphatic heterocycles. The highest BCUT2D eigenvalue weighted by Gasteiger charge is 2.30. The molecule has 1 heterocycles. The molecule has 0 saturated carbocycles. The number of carbonyl (C=O) groups excluding carboxylic acids is 1. The van der Waals surface area contributed by atoms with Crippen LogP contribution in [0.3, 0.4) is 0 Å². The largest absolute Gasteiger partial charge is 0.481 e. The van der Waals surface area contributed by atoms with Gasteiger partial charge in [-0.2, -0.15) is 13.2 Å². The van der Waals surface area contributed by atoms with E-state index in [4.69, 9.17) is 21.7 Å². The van der Waals surface area contributed by atoms with E-state index in [2.05, 4.69) is 20.6 Å². The maximum absolute atomic E-state index is 12.5. The lowest BCUT2D eigenvalue weighted by Gasteiger charge is -2.15. The molecule has 7 nitrogen and oxygen atoms in total. The van der Waals surface area contributed by atoms with Gasteiger partial charge in [-0.05, 0) is 49.5 Å². The fraction of sp³-hybridized carbons (Fsp3) is 0.235. The van der Waals surface area contributed by atoms with Crippen LogP contribution in [0, 0.1) is 0 Å². The molecular formula is C17H16F3N3O4S. The Morgan fingerprint density at radius 3 is 2.29 bits per heavy atom. The van der Waals surface area contributed by atoms with Crippen LogP contribution in [0.1, 0.15) is 12.5 Å². The van der Waals surface area contributed by atoms with Gasteiger partial charge in [0.2, 0.25) is 5.88 Å². The van der Waals surface area contributed by atoms with Crippen molar-refractivity contribution in [3.63, 3.8) is 0 Å². The highest BCUT2D eigenvalue weighted by Crippen LogP contribution is 2.30. The standard InChI is InChI=1S/C17H16F3N3O4S/c1-10(15(24)22-23-16(28)25-2)26-12-4-6-13(7-5-12)27-14-8-3-11(9-21-14)17(18,19)20/h3-10H,1-2H3,(H,22,24)(H,23,28)/t10-/m1/s1. The maximum atomic E-state index is 12.5. The average Bonchev–Trinajstić information content (AvgIpc) is 2.67. The summed E-state index contributed by atoms with van der Waals surface area (Å²) in [7, 11) is 1.35. The fourth-order valence-electron chi connectivity index (χ4n) is 1.84. The van der Waals surface area contributed by atoms with Crippen LogP contribution < -0.4 is 20.3 Å². The van der Waals surface area contributed by atoms with Crippen LogP contribution in [-0.2, 0) is 15.7 Å². The normalized spacial score (nSPS) is 11.9. The highest BCUT2D eigenvalue weighted by atomic mass is 32.1. The van der Waals surface area contributed by atoms with Gasteiger partial charge in [0, 0.05) is 12.3 Å². The Labute approximate surface area is 163 Å². The summed E-state index contributed by atoms with van der Waals surface area (Å²) in [5, 5.41) is -0.000993. The van der Waals surface area contributed by atoms with Gasteiger partial charge in [-0.3, -0.25) is 15.6 Å². The maximum Gasteiger partial charge on any atom is 0.417 e. The molecule has 2 N–H and O–H groups in total. The molecule has 2 rings (SSSR count). The third-order valence-corrected chi connectivity index (χ3v) is 3.53. The predicted octanol–water partition coefficient (Wildman–Crippen LogP) is 3.21. The number of aromatic nitrogens is 1. The Hall–Kier alpha value is -3.08. The number of hydrogen-bond acceptors (Lipinski definition) is 6. The van der Waals surface area contributed by atoms with E-state index >= 15 is 0 Å². The monoisotopic (exact) mass is 415 g/mol. The molecule has 0 aliphatic rings. The smallest absolute Gasteiger partial charge is 0.417 e. The first kappa shape index (κ1) is 21.2. The quantitative estimate of drug-likeness (QED) is 0.573. The number of nitrogens with one attached hydrogen (secondary N) is 2. The molecule has 1 amide bonds. The molecule has 1 aromatic heterocycles. The Morgan fingerprint density at radius 1 is 1.11 bits per heavy atom. The van der Waals surface area contributed by atoms with Crippen molar-refractivity contribution in [2.24, 2.45) is 0 Å². The number of carbonyl (C=O) groups is 1. The number of hydrazine groups is 1. The SMILES string of the molecule is COC(=S)NNC(=O)[C@@H](C)Oc1ccc(Oc2ccc(C(F)(F)F)cn2)cc1. The van der Waals surface area contributed by atoms with Crippen molar-refractivity contribution < 1.29 is 32.2 Å². The third kappa shape index (κ3) is 6.27. The van der Waals surface area contributed by atoms with E-state index in [0.29, 0.717) is 17.7 Å². The van der Waals surface area contributed by atoms with Crippen LogP contribution in [0.25, 0.3) is 0 Å². The van der Waals surface area contributed by atoms with Gasteiger partial charge >= 0.3 is 6.18 Å². The van der Waals surface area contributed by atoms with E-state index in [0.717, 1.165) is 12.1 Å². The lowest BCUT2D eigenvalue weighted by Crippen LogP contribution is -2.47. The van der Waals surface area contributed by atoms with Gasteiger partial charge in [-0.25, -0.2) is 4.98 Å². The van der Waals surface area contributed by atoms with Gasteiger partial charge in [-0.1, -0.05) is 0 Å². The van der Waals surface area contributed by atoms with Crippen LogP contribution in [0.2, 0.25) is 0 Å². The molecule has 0 aliphatic carbocycles. The molecule has 1 aromatic carbocycles. The van der Waals surface area contributed by atoms with Crippen molar-refractivity contribution in [2.45, 2.75) is 19.2 Å². The number of thiocarbonyl (C=S) groups is 1. The molecule has 0 spiro atoms. The number of halogens is 3. The second kappa shape index (κ2) is 9.22. The molecule has 150 valence electrons. The Kier molecular flexibility index (Phi) is 6.99. The van der Waals surface area contributed by atoms with Crippen molar-refractivity contribution in [1.82, 2.24) is 15.8 Å². The summed E-state index contributed by atoms with van der Waals surface area (Å²) in [5.74, 6) is 0.247. The fourth-order valence-corrected chi connectivity index (χ4v) is 1.89. The molecular weight excluding hydrogens is 399 g/mol. The first-order valence-corrected chi connectivity index (χ1v) is 8.21. The number of ether oxygens (including phenoxy) is 3. The summed E-state index contributed by atoms with van der Waals surface area (Å²) >= 11 is 4.72. The van der Waals surface area contributed by atoms with E-state index in [9.17, 15) is 18.0 Å². The molecule has 0 unspecified atom stereocenters. The summed E-state index contributed by atoms with van der Waals surface area (Å²) in [6, 6.07) is 8.13. The zero-order valence-corrected chi connectivity index (χ0v) is 15.6. The number of rotatable bonds is 5. The van der Waals surface area contributed by atoms with E-state index < -0.39 is 23.8 Å². The summed E-state index contributed by atoms with van der Waals surface area (Å²) in [6.07, 6.45) is -4.61. The number of nitrogens with zero attached hydrogens (tertiary/aromatic N) is 1. The van der Waals surface area contributed by atoms with Crippen LogP contribution >= 0.6 is 12.2 Å². The van der Waals surface area contributed by atoms with Crippen molar-refractivity contribution >= 4 is 23.3 Å². The number of methoxy groups -OCH3 is 1. The highest BCUT2D eigenvalue weighted by molar-refractivity contribution is 7.80. The second-order valence-corrected chi connectivity index (χ2v) is 5.69. The third-order valence-electron chi connectivity index (χ3n) is 3.27. The van der Waals surface area contributed by atoms with Gasteiger partial charge in [0.25, 0.3) is 11.1 Å². The minimum atomic E-state index is -4.46. The Morgan fingerprint density at radius 2 is 1.75 bits per heavy atom. The Bertz CT molecular complexity index is 814. The van der Waals surface area contributed by atoms with Gasteiger partial charge < -0.3 is 14.2 Å². The first-order chi connectivity index (χ1) is 13.2. The molecule has 2 aromatic rings. The van der Waals surface area contributed by atoms with Crippen molar-refractivity contribution in [2.75, 3.05) is 7.11 Å². The molecule has 0 saturated heterocycles. The lowest BCUT2D eigenvalue weighted by molar-refractivity contribution is -0.137. The van der Waals surface area contributed by atoms with E-state index in [1.165, 1.54) is 38.3 Å². The van der Waals surface area contributed by atoms with Gasteiger partial charge in [-0.15, -0.1) is 0 Å². The zero-order chi connectivity index (χ0) is 20.7. The van der Waals surface area contributed by atoms with Gasteiger partial charge in [0.05, 0.1) is 12.7 Å². The molecule has 11 heteroatoms. The minimum Gasteiger partial charge on any atom is -0.481 e. The van der Waals surface area contributed by atoms with E-state index in [-0.39, 0.29) is 11.1 Å². The number of benzene rings is 1. The summed E-state index contributed by atoms with van der Waals surface area (Å²) in [4.78, 5) is 15.5. The van der Waals surface area contributed by atoms with Crippen molar-refractivity contribution in [1.29, 1.82) is 0 Å². The number of pyridine rings is 1. The molecule has 0 bridgehead atoms. The Balaban J connectivity index is 1.90. The summed E-state index contributed by atoms with van der Waals surface area (Å²) < 4.78 is 53.1. The predicted molar refractivity (Wildman–Crippen MR) is 96.7 cm³/mol. The minimum absolute atomic E-state index is 0.000993. The average molecular weight is 415 g/mol. The first-order valence-electron chi connectivity index (χ1n) is 7.80. The van der Waals surface area contributed by atoms with Crippen molar-refractivity contribution in [3.8, 4) is 17.4 Å². The second-order valence-electron chi connectivity index (χ2n) is 5.32. The summed E-state index contributed by atoms with van der Waals surface area (Å²) in [6.45, 7) is 1.53. The lowest BCUT2D eigenvalue weighted by atomic mass is 10.3.